The van der Waals surface area contributed by atoms with Crippen molar-refractivity contribution in [3.05, 3.63) is 182 Å². The van der Waals surface area contributed by atoms with E-state index in [-0.39, 0.29) is 0 Å². The van der Waals surface area contributed by atoms with Gasteiger partial charge in [-0.2, -0.15) is 0 Å². The van der Waals surface area contributed by atoms with E-state index in [4.69, 9.17) is 18.9 Å². The molecule has 8 aromatic rings. The van der Waals surface area contributed by atoms with E-state index in [0.29, 0.717) is 60.1 Å². The number of esters is 2. The van der Waals surface area contributed by atoms with Gasteiger partial charge in [-0.25, -0.2) is 9.59 Å². The second kappa shape index (κ2) is 19.5. The summed E-state index contributed by atoms with van der Waals surface area (Å²) in [5.74, 6) is 0.288. The largest absolute Gasteiger partial charge is 0.489 e. The van der Waals surface area contributed by atoms with Gasteiger partial charge in [0.25, 0.3) is 0 Å². The molecule has 0 N–H and O–H groups in total. The van der Waals surface area contributed by atoms with E-state index in [9.17, 15) is 9.59 Å². The summed E-state index contributed by atoms with van der Waals surface area (Å²) in [7, 11) is 0. The molecule has 0 spiro atoms. The summed E-state index contributed by atoms with van der Waals surface area (Å²) in [6, 6.07) is 38.9. The number of benzene rings is 4. The normalized spacial score (nSPS) is 11.2. The highest BCUT2D eigenvalue weighted by Gasteiger charge is 2.21. The molecular formula is C50H46N6O6. The van der Waals surface area contributed by atoms with E-state index >= 15 is 0 Å². The number of hydrogen-bond acceptors (Lipinski definition) is 10. The van der Waals surface area contributed by atoms with Crippen LogP contribution in [0.5, 0.6) is 23.0 Å². The lowest BCUT2D eigenvalue weighted by atomic mass is 10.2. The molecule has 312 valence electrons. The molecule has 0 aliphatic heterocycles. The molecule has 4 aromatic heterocycles. The van der Waals surface area contributed by atoms with E-state index in [2.05, 4.69) is 33.8 Å². The van der Waals surface area contributed by atoms with Crippen LogP contribution in [0.25, 0.3) is 21.8 Å². The monoisotopic (exact) mass is 826 g/mol. The zero-order valence-electron chi connectivity index (χ0n) is 34.5. The van der Waals surface area contributed by atoms with Crippen LogP contribution in [0.3, 0.4) is 0 Å². The molecule has 8 rings (SSSR count). The summed E-state index contributed by atoms with van der Waals surface area (Å²) in [6.45, 7) is 6.28. The van der Waals surface area contributed by atoms with Gasteiger partial charge in [-0.1, -0.05) is 74.5 Å². The van der Waals surface area contributed by atoms with Crippen LogP contribution in [0.2, 0.25) is 0 Å². The van der Waals surface area contributed by atoms with Gasteiger partial charge in [-0.05, 0) is 84.6 Å². The van der Waals surface area contributed by atoms with E-state index in [0.717, 1.165) is 58.5 Å². The maximum atomic E-state index is 13.5. The summed E-state index contributed by atoms with van der Waals surface area (Å²) >= 11 is 0. The first-order valence-corrected chi connectivity index (χ1v) is 20.6. The fourth-order valence-electron chi connectivity index (χ4n) is 7.15. The lowest BCUT2D eigenvalue weighted by Crippen LogP contribution is -2.29. The molecule has 12 heteroatoms. The Kier molecular flexibility index (Phi) is 12.8. The SMILES string of the molecule is CCCN(c1ccncc1)n1cc(OC(=O)/C=C\C(=O)Oc2cn(N(CCC)c3ccncc3)c3ccc(OCc4ccccc4)cc23)c2cc(OCc3ccccc3)ccc21. The third-order valence-electron chi connectivity index (χ3n) is 10.0. The minimum Gasteiger partial charge on any atom is -0.489 e. The minimum absolute atomic E-state index is 0.293. The molecule has 0 atom stereocenters. The molecule has 0 aliphatic rings. The van der Waals surface area contributed by atoms with Crippen molar-refractivity contribution in [3.8, 4) is 23.0 Å². The Morgan fingerprint density at radius 1 is 0.548 bits per heavy atom. The number of hydrogen-bond donors (Lipinski definition) is 0. The summed E-state index contributed by atoms with van der Waals surface area (Å²) < 4.78 is 28.2. The molecule has 0 bridgehead atoms. The number of fused-ring (bicyclic) bond motifs is 2. The van der Waals surface area contributed by atoms with E-state index in [1.807, 2.05) is 131 Å². The zero-order chi connectivity index (χ0) is 42.7. The lowest BCUT2D eigenvalue weighted by Gasteiger charge is -2.26. The molecule has 0 saturated heterocycles. The Balaban J connectivity index is 1.06. The number of carbonyl (C=O) groups excluding carboxylic acids is 2. The predicted molar refractivity (Wildman–Crippen MR) is 240 cm³/mol. The predicted octanol–water partition coefficient (Wildman–Crippen LogP) is 9.97. The topological polar surface area (TPSA) is 113 Å². The summed E-state index contributed by atoms with van der Waals surface area (Å²) in [6.07, 6.45) is 14.3. The maximum absolute atomic E-state index is 13.5. The third-order valence-corrected chi connectivity index (χ3v) is 10.0. The van der Waals surface area contributed by atoms with Gasteiger partial charge in [0, 0.05) is 60.8 Å². The summed E-state index contributed by atoms with van der Waals surface area (Å²) in [5, 5.41) is 5.48. The van der Waals surface area contributed by atoms with Crippen LogP contribution in [-0.4, -0.2) is 44.3 Å². The van der Waals surface area contributed by atoms with E-state index in [1.165, 1.54) is 0 Å². The third kappa shape index (κ3) is 9.61. The smallest absolute Gasteiger partial charge is 0.336 e. The van der Waals surface area contributed by atoms with Gasteiger partial charge < -0.3 is 18.9 Å². The first kappa shape index (κ1) is 40.9. The van der Waals surface area contributed by atoms with Crippen molar-refractivity contribution < 1.29 is 28.5 Å². The second-order valence-corrected chi connectivity index (χ2v) is 14.4. The average Bonchev–Trinajstić information content (AvgIpc) is 3.85. The second-order valence-electron chi connectivity index (χ2n) is 14.4. The standard InChI is InChI=1S/C50H46N6O6/c1-3-29-53(39-21-25-51-26-22-39)55-33-47(43-31-41(15-17-45(43)55)59-35-37-11-7-5-8-12-37)61-49(57)19-20-50(58)62-48-34-56(54(30-4-2)40-23-27-52-28-24-40)46-18-16-42(32-44(46)48)60-36-38-13-9-6-10-14-38/h5-28,31-34H,3-4,29-30,35-36H2,1-2H3/b20-19-. The van der Waals surface area contributed by atoms with Crippen molar-refractivity contribution >= 4 is 45.1 Å². The Hall–Kier alpha value is -7.86. The molecule has 0 amide bonds. The molecule has 0 fully saturated rings. The zero-order valence-corrected chi connectivity index (χ0v) is 34.5. The summed E-state index contributed by atoms with van der Waals surface area (Å²) in [4.78, 5) is 35.5. The molecule has 4 aromatic carbocycles. The molecule has 62 heavy (non-hydrogen) atoms. The van der Waals surface area contributed by atoms with Gasteiger partial charge in [-0.3, -0.25) is 29.3 Å². The number of ether oxygens (including phenoxy) is 4. The molecule has 4 heterocycles. The number of nitrogens with zero attached hydrogens (tertiary/aromatic N) is 6. The highest BCUT2D eigenvalue weighted by atomic mass is 16.5. The van der Waals surface area contributed by atoms with Gasteiger partial charge in [0.1, 0.15) is 24.7 Å². The van der Waals surface area contributed by atoms with Crippen molar-refractivity contribution in [2.75, 3.05) is 23.1 Å². The Morgan fingerprint density at radius 2 is 0.952 bits per heavy atom. The van der Waals surface area contributed by atoms with Crippen molar-refractivity contribution in [2.24, 2.45) is 0 Å². The molecule has 0 aliphatic carbocycles. The van der Waals surface area contributed by atoms with Crippen LogP contribution in [0.1, 0.15) is 37.8 Å². The summed E-state index contributed by atoms with van der Waals surface area (Å²) in [5.41, 5.74) is 5.46. The molecule has 0 radical (unpaired) electrons. The van der Waals surface area contributed by atoms with Crippen LogP contribution < -0.4 is 29.0 Å². The van der Waals surface area contributed by atoms with E-state index in [1.54, 1.807) is 37.2 Å². The molecular weight excluding hydrogens is 781 g/mol. The van der Waals surface area contributed by atoms with Crippen LogP contribution in [0.4, 0.5) is 11.4 Å². The highest BCUT2D eigenvalue weighted by molar-refractivity contribution is 5.98. The van der Waals surface area contributed by atoms with Crippen LogP contribution in [-0.2, 0) is 22.8 Å². The highest BCUT2D eigenvalue weighted by Crippen LogP contribution is 2.36. The Labute approximate surface area is 359 Å². The first-order chi connectivity index (χ1) is 30.5. The van der Waals surface area contributed by atoms with Crippen molar-refractivity contribution in [2.45, 2.75) is 39.9 Å². The number of pyridine rings is 2. The molecule has 12 nitrogen and oxygen atoms in total. The number of aromatic nitrogens is 4. The van der Waals surface area contributed by atoms with Crippen molar-refractivity contribution in [3.63, 3.8) is 0 Å². The molecule has 0 saturated carbocycles. The number of rotatable bonds is 18. The van der Waals surface area contributed by atoms with Gasteiger partial charge in [0.15, 0.2) is 11.5 Å². The fraction of sp³-hybridized carbons (Fsp3) is 0.160. The van der Waals surface area contributed by atoms with Gasteiger partial charge >= 0.3 is 11.9 Å². The van der Waals surface area contributed by atoms with Crippen LogP contribution in [0.15, 0.2) is 171 Å². The number of anilines is 2. The Morgan fingerprint density at radius 3 is 1.34 bits per heavy atom. The quantitative estimate of drug-likeness (QED) is 0.0612. The van der Waals surface area contributed by atoms with Crippen LogP contribution >= 0.6 is 0 Å². The minimum atomic E-state index is -0.756. The van der Waals surface area contributed by atoms with Gasteiger partial charge in [0.05, 0.1) is 34.8 Å². The first-order valence-electron chi connectivity index (χ1n) is 20.6. The maximum Gasteiger partial charge on any atom is 0.336 e. The van der Waals surface area contributed by atoms with Crippen molar-refractivity contribution in [1.82, 2.24) is 19.3 Å². The number of carbonyl (C=O) groups is 2. The average molecular weight is 827 g/mol. The fourth-order valence-corrected chi connectivity index (χ4v) is 7.15. The van der Waals surface area contributed by atoms with Crippen LogP contribution in [0, 0.1) is 0 Å². The molecule has 0 unspecified atom stereocenters. The van der Waals surface area contributed by atoms with E-state index < -0.39 is 11.9 Å². The van der Waals surface area contributed by atoms with Gasteiger partial charge in [-0.15, -0.1) is 0 Å². The lowest BCUT2D eigenvalue weighted by molar-refractivity contribution is -0.131. The van der Waals surface area contributed by atoms with Crippen molar-refractivity contribution in [1.29, 1.82) is 0 Å². The van der Waals surface area contributed by atoms with Gasteiger partial charge in [0.2, 0.25) is 0 Å². The Bertz CT molecular complexity index is 2580.